The molecule has 1 aliphatic rings. The van der Waals surface area contributed by atoms with Crippen molar-refractivity contribution in [1.82, 2.24) is 4.98 Å². The molecule has 0 bridgehead atoms. The number of fused-ring (bicyclic) bond motifs is 1. The first-order valence-electron chi connectivity index (χ1n) is 11.0. The Morgan fingerprint density at radius 1 is 1.09 bits per heavy atom. The fourth-order valence-corrected chi connectivity index (χ4v) is 6.63. The quantitative estimate of drug-likeness (QED) is 0.294. The number of nitrogens with zero attached hydrogens (tertiary/aromatic N) is 2. The van der Waals surface area contributed by atoms with Crippen LogP contribution in [0.4, 0.5) is 11.5 Å². The smallest absolute Gasteiger partial charge is 0.134 e. The summed E-state index contributed by atoms with van der Waals surface area (Å²) in [6, 6.07) is 19.1. The molecule has 4 nitrogen and oxygen atoms in total. The minimum absolute atomic E-state index is 0.427. The Labute approximate surface area is 212 Å². The molecule has 34 heavy (non-hydrogen) atoms. The molecule has 1 unspecified atom stereocenters. The number of nitrogen functional groups attached to an aromatic ring is 1. The second kappa shape index (κ2) is 8.95. The summed E-state index contributed by atoms with van der Waals surface area (Å²) in [5.41, 5.74) is 10.5. The van der Waals surface area contributed by atoms with Gasteiger partial charge in [-0.2, -0.15) is 5.26 Å². The van der Waals surface area contributed by atoms with Gasteiger partial charge in [0.05, 0.1) is 11.2 Å². The standard InChI is InChI=1S/C27H24N4S3/c1-16(2)17-8-10-18(11-9-17)34-26-20(15-28)24-23(25(29)30-26)19(21-6-4-12-32-21)14-27(3,31-24)22-7-5-13-33-22/h4-14,16,31H,1-3H3,(H2,29,30). The molecule has 0 fully saturated rings. The van der Waals surface area contributed by atoms with Crippen LogP contribution < -0.4 is 11.1 Å². The summed E-state index contributed by atoms with van der Waals surface area (Å²) in [5.74, 6) is 0.892. The normalized spacial score (nSPS) is 17.1. The molecule has 3 aromatic heterocycles. The van der Waals surface area contributed by atoms with Crippen LogP contribution in [-0.4, -0.2) is 4.98 Å². The topological polar surface area (TPSA) is 74.7 Å². The Balaban J connectivity index is 1.66. The second-order valence-electron chi connectivity index (χ2n) is 8.70. The molecule has 0 saturated heterocycles. The highest BCUT2D eigenvalue weighted by Gasteiger charge is 2.36. The molecule has 5 rings (SSSR count). The van der Waals surface area contributed by atoms with Crippen LogP contribution in [0.1, 0.15) is 53.1 Å². The van der Waals surface area contributed by atoms with E-state index in [4.69, 9.17) is 10.7 Å². The van der Waals surface area contributed by atoms with Gasteiger partial charge >= 0.3 is 0 Å². The Hall–Kier alpha value is -3.05. The van der Waals surface area contributed by atoms with Crippen LogP contribution in [0.25, 0.3) is 5.57 Å². The van der Waals surface area contributed by atoms with Crippen LogP contribution in [0.3, 0.4) is 0 Å². The van der Waals surface area contributed by atoms with Crippen molar-refractivity contribution in [2.75, 3.05) is 11.1 Å². The second-order valence-corrected chi connectivity index (χ2v) is 11.7. The summed E-state index contributed by atoms with van der Waals surface area (Å²) >= 11 is 4.83. The summed E-state index contributed by atoms with van der Waals surface area (Å²) in [7, 11) is 0. The molecular weight excluding hydrogens is 477 g/mol. The number of aromatic nitrogens is 1. The monoisotopic (exact) mass is 500 g/mol. The molecule has 4 heterocycles. The molecule has 0 spiro atoms. The zero-order chi connectivity index (χ0) is 23.9. The summed E-state index contributed by atoms with van der Waals surface area (Å²) in [5, 5.41) is 18.7. The number of nitriles is 1. The lowest BCUT2D eigenvalue weighted by atomic mass is 9.86. The molecule has 0 saturated carbocycles. The maximum absolute atomic E-state index is 10.3. The minimum atomic E-state index is -0.471. The lowest BCUT2D eigenvalue weighted by Gasteiger charge is -2.35. The molecule has 0 aliphatic carbocycles. The van der Waals surface area contributed by atoms with Gasteiger partial charge < -0.3 is 11.1 Å². The first-order chi connectivity index (χ1) is 16.4. The number of nitrogens with two attached hydrogens (primary N) is 1. The number of rotatable bonds is 5. The SMILES string of the molecule is CC(C)c1ccc(Sc2nc(N)c3c(c2C#N)NC(C)(c2cccs2)C=C3c2cccs2)cc1. The van der Waals surface area contributed by atoms with Crippen molar-refractivity contribution in [2.24, 2.45) is 0 Å². The van der Waals surface area contributed by atoms with Gasteiger partial charge in [0.1, 0.15) is 22.5 Å². The highest BCUT2D eigenvalue weighted by molar-refractivity contribution is 7.99. The van der Waals surface area contributed by atoms with Gasteiger partial charge in [-0.15, -0.1) is 22.7 Å². The van der Waals surface area contributed by atoms with Gasteiger partial charge in [-0.1, -0.05) is 49.9 Å². The summed E-state index contributed by atoms with van der Waals surface area (Å²) in [6.07, 6.45) is 2.21. The van der Waals surface area contributed by atoms with Crippen LogP contribution in [0.2, 0.25) is 0 Å². The lowest BCUT2D eigenvalue weighted by Crippen LogP contribution is -2.33. The van der Waals surface area contributed by atoms with Crippen molar-refractivity contribution in [1.29, 1.82) is 5.26 Å². The van der Waals surface area contributed by atoms with E-state index in [9.17, 15) is 5.26 Å². The number of hydrogen-bond donors (Lipinski definition) is 2. The van der Waals surface area contributed by atoms with Gasteiger partial charge in [-0.25, -0.2) is 4.98 Å². The van der Waals surface area contributed by atoms with E-state index in [1.807, 2.05) is 6.07 Å². The zero-order valence-corrected chi connectivity index (χ0v) is 21.6. The molecule has 0 radical (unpaired) electrons. The first kappa shape index (κ1) is 22.7. The summed E-state index contributed by atoms with van der Waals surface area (Å²) in [4.78, 5) is 8.03. The van der Waals surface area contributed by atoms with E-state index in [0.29, 0.717) is 22.3 Å². The van der Waals surface area contributed by atoms with Crippen molar-refractivity contribution >= 4 is 51.5 Å². The highest BCUT2D eigenvalue weighted by atomic mass is 32.2. The van der Waals surface area contributed by atoms with E-state index in [1.54, 1.807) is 22.7 Å². The van der Waals surface area contributed by atoms with E-state index in [-0.39, 0.29) is 0 Å². The summed E-state index contributed by atoms with van der Waals surface area (Å²) in [6.45, 7) is 6.50. The van der Waals surface area contributed by atoms with Crippen LogP contribution >= 0.6 is 34.4 Å². The fourth-order valence-electron chi connectivity index (χ4n) is 4.18. The largest absolute Gasteiger partial charge is 0.383 e. The Kier molecular flexibility index (Phi) is 5.98. The molecule has 1 atom stereocenters. The predicted molar refractivity (Wildman–Crippen MR) is 145 cm³/mol. The third-order valence-electron chi connectivity index (χ3n) is 5.97. The fraction of sp³-hybridized carbons (Fsp3) is 0.185. The Morgan fingerprint density at radius 3 is 2.44 bits per heavy atom. The number of hydrogen-bond acceptors (Lipinski definition) is 7. The first-order valence-corrected chi connectivity index (χ1v) is 13.6. The van der Waals surface area contributed by atoms with Crippen molar-refractivity contribution in [3.8, 4) is 6.07 Å². The van der Waals surface area contributed by atoms with E-state index >= 15 is 0 Å². The zero-order valence-electron chi connectivity index (χ0n) is 19.1. The van der Waals surface area contributed by atoms with Crippen LogP contribution in [0, 0.1) is 11.3 Å². The third-order valence-corrected chi connectivity index (χ3v) is 8.98. The molecule has 7 heteroatoms. The number of pyridine rings is 1. The predicted octanol–water partition coefficient (Wildman–Crippen LogP) is 7.71. The molecule has 1 aromatic carbocycles. The van der Waals surface area contributed by atoms with E-state index in [1.165, 1.54) is 22.2 Å². The van der Waals surface area contributed by atoms with Crippen LogP contribution in [0.5, 0.6) is 0 Å². The van der Waals surface area contributed by atoms with E-state index < -0.39 is 5.54 Å². The molecule has 3 N–H and O–H groups in total. The number of nitrogens with one attached hydrogen (secondary N) is 1. The number of benzene rings is 1. The Bertz CT molecular complexity index is 1400. The molecule has 1 aliphatic heterocycles. The highest BCUT2D eigenvalue weighted by Crippen LogP contribution is 2.48. The average molecular weight is 501 g/mol. The van der Waals surface area contributed by atoms with Gasteiger partial charge in [-0.3, -0.25) is 0 Å². The third kappa shape index (κ3) is 4.03. The molecule has 4 aromatic rings. The van der Waals surface area contributed by atoms with Crippen molar-refractivity contribution in [3.05, 3.63) is 91.8 Å². The Morgan fingerprint density at radius 2 is 1.82 bits per heavy atom. The maximum Gasteiger partial charge on any atom is 0.134 e. The van der Waals surface area contributed by atoms with Crippen molar-refractivity contribution < 1.29 is 0 Å². The van der Waals surface area contributed by atoms with Gasteiger partial charge in [0, 0.05) is 25.8 Å². The van der Waals surface area contributed by atoms with Gasteiger partial charge in [0.2, 0.25) is 0 Å². The van der Waals surface area contributed by atoms with Crippen LogP contribution in [-0.2, 0) is 5.54 Å². The van der Waals surface area contributed by atoms with Crippen molar-refractivity contribution in [3.63, 3.8) is 0 Å². The van der Waals surface area contributed by atoms with Crippen LogP contribution in [0.15, 0.2) is 75.3 Å². The number of anilines is 2. The van der Waals surface area contributed by atoms with Gasteiger partial charge in [0.15, 0.2) is 0 Å². The van der Waals surface area contributed by atoms with Gasteiger partial charge in [-0.05, 0) is 59.5 Å². The van der Waals surface area contributed by atoms with Crippen molar-refractivity contribution in [2.45, 2.75) is 42.1 Å². The lowest BCUT2D eigenvalue weighted by molar-refractivity contribution is 0.700. The summed E-state index contributed by atoms with van der Waals surface area (Å²) < 4.78 is 0. The van der Waals surface area contributed by atoms with E-state index in [2.05, 4.69) is 91.5 Å². The minimum Gasteiger partial charge on any atom is -0.383 e. The molecule has 0 amide bonds. The maximum atomic E-state index is 10.3. The number of thiophene rings is 2. The molecular formula is C27H24N4S3. The average Bonchev–Trinajstić information content (AvgIpc) is 3.54. The molecule has 170 valence electrons. The van der Waals surface area contributed by atoms with E-state index in [0.717, 1.165) is 26.6 Å². The van der Waals surface area contributed by atoms with Gasteiger partial charge in [0.25, 0.3) is 0 Å².